The lowest BCUT2D eigenvalue weighted by molar-refractivity contribution is 0.479. The van der Waals surface area contributed by atoms with Gasteiger partial charge in [0.15, 0.2) is 0 Å². The minimum Gasteiger partial charge on any atom is -0.456 e. The molecule has 0 aliphatic rings. The van der Waals surface area contributed by atoms with E-state index >= 15 is 0 Å². The van der Waals surface area contributed by atoms with E-state index in [2.05, 4.69) is 22.9 Å². The molecule has 0 fully saturated rings. The molecular weight excluding hydrogens is 292 g/mol. The Kier molecular flexibility index (Phi) is 4.61. The fraction of sp³-hybridized carbons (Fsp3) is 0.0556. The summed E-state index contributed by atoms with van der Waals surface area (Å²) < 4.78 is 5.80. The first kappa shape index (κ1) is 14.5. The predicted molar refractivity (Wildman–Crippen MR) is 91.8 cm³/mol. The number of benzene rings is 2. The van der Waals surface area contributed by atoms with Gasteiger partial charge in [-0.3, -0.25) is 4.98 Å². The van der Waals surface area contributed by atoms with E-state index in [1.165, 1.54) is 0 Å². The van der Waals surface area contributed by atoms with E-state index in [1.54, 1.807) is 12.4 Å². The van der Waals surface area contributed by atoms with Gasteiger partial charge in [0.25, 0.3) is 0 Å². The van der Waals surface area contributed by atoms with Crippen molar-refractivity contribution in [3.05, 3.63) is 78.6 Å². The number of anilines is 1. The molecule has 0 bridgehead atoms. The number of para-hydroxylation sites is 1. The van der Waals surface area contributed by atoms with Crippen molar-refractivity contribution in [3.63, 3.8) is 0 Å². The number of pyridine rings is 1. The van der Waals surface area contributed by atoms with E-state index in [0.717, 1.165) is 27.6 Å². The molecule has 0 aliphatic carbocycles. The second-order valence-corrected chi connectivity index (χ2v) is 5.28. The molecule has 1 N–H and O–H groups in total. The highest BCUT2D eigenvalue weighted by atomic mass is 32.1. The van der Waals surface area contributed by atoms with Gasteiger partial charge in [-0.15, -0.1) is 12.6 Å². The quantitative estimate of drug-likeness (QED) is 0.666. The van der Waals surface area contributed by atoms with Crippen LogP contribution in [0.4, 0.5) is 5.69 Å². The van der Waals surface area contributed by atoms with Gasteiger partial charge in [0.2, 0.25) is 0 Å². The van der Waals surface area contributed by atoms with Crippen molar-refractivity contribution in [2.24, 2.45) is 0 Å². The Hall–Kier alpha value is -2.46. The summed E-state index contributed by atoms with van der Waals surface area (Å²) in [6.45, 7) is 0.688. The molecule has 0 spiro atoms. The molecule has 0 amide bonds. The highest BCUT2D eigenvalue weighted by Gasteiger charge is 2.04. The number of ether oxygens (including phenoxy) is 1. The topological polar surface area (TPSA) is 34.1 Å². The van der Waals surface area contributed by atoms with Crippen LogP contribution in [0.1, 0.15) is 5.56 Å². The van der Waals surface area contributed by atoms with E-state index in [9.17, 15) is 0 Å². The highest BCUT2D eigenvalue weighted by molar-refractivity contribution is 7.80. The lowest BCUT2D eigenvalue weighted by Crippen LogP contribution is -2.00. The molecule has 0 radical (unpaired) electrons. The van der Waals surface area contributed by atoms with Crippen molar-refractivity contribution in [2.45, 2.75) is 11.4 Å². The van der Waals surface area contributed by atoms with Gasteiger partial charge in [0.05, 0.1) is 6.20 Å². The van der Waals surface area contributed by atoms with Crippen LogP contribution < -0.4 is 10.1 Å². The van der Waals surface area contributed by atoms with Gasteiger partial charge in [-0.25, -0.2) is 0 Å². The molecule has 0 aliphatic heterocycles. The summed E-state index contributed by atoms with van der Waals surface area (Å²) >= 11 is 4.51. The summed E-state index contributed by atoms with van der Waals surface area (Å²) in [5.41, 5.74) is 2.15. The number of hydrogen-bond acceptors (Lipinski definition) is 4. The Morgan fingerprint density at radius 1 is 0.955 bits per heavy atom. The van der Waals surface area contributed by atoms with Gasteiger partial charge < -0.3 is 10.1 Å². The fourth-order valence-electron chi connectivity index (χ4n) is 2.06. The summed E-state index contributed by atoms with van der Waals surface area (Å²) in [6, 6.07) is 19.6. The van der Waals surface area contributed by atoms with Crippen LogP contribution in [-0.4, -0.2) is 4.98 Å². The number of aromatic nitrogens is 1. The zero-order valence-electron chi connectivity index (χ0n) is 11.9. The lowest BCUT2D eigenvalue weighted by Gasteiger charge is -2.11. The van der Waals surface area contributed by atoms with Crippen LogP contribution in [0.15, 0.2) is 78.0 Å². The molecule has 110 valence electrons. The average molecular weight is 308 g/mol. The van der Waals surface area contributed by atoms with Crippen molar-refractivity contribution in [3.8, 4) is 11.5 Å². The summed E-state index contributed by atoms with van der Waals surface area (Å²) in [7, 11) is 0. The first-order valence-electron chi connectivity index (χ1n) is 7.00. The summed E-state index contributed by atoms with van der Waals surface area (Å²) in [4.78, 5) is 4.98. The van der Waals surface area contributed by atoms with Gasteiger partial charge in [-0.05, 0) is 48.0 Å². The third-order valence-electron chi connectivity index (χ3n) is 3.18. The number of hydrogen-bond donors (Lipinski definition) is 2. The second-order valence-electron chi connectivity index (χ2n) is 4.80. The normalized spacial score (nSPS) is 10.2. The molecule has 3 rings (SSSR count). The molecule has 1 heterocycles. The molecule has 1 aromatic heterocycles. The van der Waals surface area contributed by atoms with E-state index in [1.807, 2.05) is 60.7 Å². The molecular formula is C18H16N2OS. The highest BCUT2D eigenvalue weighted by Crippen LogP contribution is 2.25. The molecule has 0 saturated heterocycles. The number of nitrogens with one attached hydrogen (secondary N) is 1. The molecule has 2 aromatic carbocycles. The number of thiol groups is 1. The maximum Gasteiger partial charge on any atom is 0.145 e. The first-order chi connectivity index (χ1) is 10.8. The van der Waals surface area contributed by atoms with Crippen LogP contribution in [0.2, 0.25) is 0 Å². The maximum atomic E-state index is 5.80. The van der Waals surface area contributed by atoms with Crippen LogP contribution in [0, 0.1) is 0 Å². The van der Waals surface area contributed by atoms with E-state index in [0.29, 0.717) is 6.54 Å². The van der Waals surface area contributed by atoms with Crippen LogP contribution in [0.5, 0.6) is 11.5 Å². The molecule has 0 atom stereocenters. The monoisotopic (exact) mass is 308 g/mol. The van der Waals surface area contributed by atoms with Crippen LogP contribution in [0.3, 0.4) is 0 Å². The minimum absolute atomic E-state index is 0.688. The molecule has 0 unspecified atom stereocenters. The summed E-state index contributed by atoms with van der Waals surface area (Å²) in [5.74, 6) is 1.49. The molecule has 0 saturated carbocycles. The first-order valence-corrected chi connectivity index (χ1v) is 7.45. The Labute approximate surface area is 135 Å². The molecule has 22 heavy (non-hydrogen) atoms. The van der Waals surface area contributed by atoms with Crippen molar-refractivity contribution in [2.75, 3.05) is 5.32 Å². The van der Waals surface area contributed by atoms with Crippen molar-refractivity contribution in [1.82, 2.24) is 4.98 Å². The fourth-order valence-corrected chi connectivity index (χ4v) is 2.28. The van der Waals surface area contributed by atoms with Gasteiger partial charge >= 0.3 is 0 Å². The third kappa shape index (κ3) is 3.80. The van der Waals surface area contributed by atoms with Crippen molar-refractivity contribution < 1.29 is 4.74 Å². The molecule has 3 nitrogen and oxygen atoms in total. The van der Waals surface area contributed by atoms with Gasteiger partial charge in [-0.1, -0.05) is 18.2 Å². The van der Waals surface area contributed by atoms with Crippen LogP contribution in [-0.2, 0) is 6.54 Å². The minimum atomic E-state index is 0.688. The predicted octanol–water partition coefficient (Wildman–Crippen LogP) is 4.77. The SMILES string of the molecule is Sc1ccc(Oc2cccnc2)cc1CNc1ccccc1. The second kappa shape index (κ2) is 7.00. The average Bonchev–Trinajstić information content (AvgIpc) is 2.57. The number of nitrogens with zero attached hydrogens (tertiary/aromatic N) is 1. The smallest absolute Gasteiger partial charge is 0.145 e. The Balaban J connectivity index is 1.72. The van der Waals surface area contributed by atoms with Crippen LogP contribution in [0.25, 0.3) is 0 Å². The van der Waals surface area contributed by atoms with E-state index in [4.69, 9.17) is 4.74 Å². The molecule has 4 heteroatoms. The zero-order valence-corrected chi connectivity index (χ0v) is 12.8. The maximum absolute atomic E-state index is 5.80. The summed E-state index contributed by atoms with van der Waals surface area (Å²) in [5, 5.41) is 3.38. The third-order valence-corrected chi connectivity index (χ3v) is 3.61. The van der Waals surface area contributed by atoms with E-state index < -0.39 is 0 Å². The Morgan fingerprint density at radius 3 is 2.59 bits per heavy atom. The largest absolute Gasteiger partial charge is 0.456 e. The zero-order chi connectivity index (χ0) is 15.2. The van der Waals surface area contributed by atoms with Gasteiger partial charge in [0, 0.05) is 23.3 Å². The van der Waals surface area contributed by atoms with Gasteiger partial charge in [0.1, 0.15) is 11.5 Å². The van der Waals surface area contributed by atoms with E-state index in [-0.39, 0.29) is 0 Å². The Morgan fingerprint density at radius 2 is 1.82 bits per heavy atom. The summed E-state index contributed by atoms with van der Waals surface area (Å²) in [6.07, 6.45) is 3.41. The standard InChI is InChI=1S/C18H16N2OS/c22-18-9-8-16(21-17-7-4-10-19-13-17)11-14(18)12-20-15-5-2-1-3-6-15/h1-11,13,20,22H,12H2. The Bertz CT molecular complexity index is 733. The molecule has 3 aromatic rings. The van der Waals surface area contributed by atoms with Crippen molar-refractivity contribution in [1.29, 1.82) is 0 Å². The van der Waals surface area contributed by atoms with Crippen LogP contribution >= 0.6 is 12.6 Å². The number of rotatable bonds is 5. The lowest BCUT2D eigenvalue weighted by atomic mass is 10.2. The van der Waals surface area contributed by atoms with Gasteiger partial charge in [-0.2, -0.15) is 0 Å². The van der Waals surface area contributed by atoms with Crippen molar-refractivity contribution >= 4 is 18.3 Å².